The lowest BCUT2D eigenvalue weighted by Crippen LogP contribution is -2.37. The Morgan fingerprint density at radius 3 is 2.44 bits per heavy atom. The van der Waals surface area contributed by atoms with Crippen molar-refractivity contribution in [3.05, 3.63) is 35.4 Å². The molecule has 2 heteroatoms. The van der Waals surface area contributed by atoms with Crippen molar-refractivity contribution in [2.24, 2.45) is 5.73 Å². The van der Waals surface area contributed by atoms with Gasteiger partial charge in [0.2, 0.25) is 0 Å². The van der Waals surface area contributed by atoms with E-state index in [0.29, 0.717) is 11.5 Å². The van der Waals surface area contributed by atoms with Gasteiger partial charge in [0.25, 0.3) is 0 Å². The molecule has 1 atom stereocenters. The molecule has 100 valence electrons. The molecule has 1 aliphatic heterocycles. The van der Waals surface area contributed by atoms with Crippen LogP contribution in [-0.4, -0.2) is 23.5 Å². The molecule has 2 N–H and O–H groups in total. The van der Waals surface area contributed by atoms with E-state index in [-0.39, 0.29) is 0 Å². The Morgan fingerprint density at radius 1 is 1.28 bits per heavy atom. The van der Waals surface area contributed by atoms with Crippen molar-refractivity contribution in [3.63, 3.8) is 0 Å². The highest BCUT2D eigenvalue weighted by molar-refractivity contribution is 5.25. The monoisotopic (exact) mass is 246 g/mol. The van der Waals surface area contributed by atoms with Crippen molar-refractivity contribution in [3.8, 4) is 0 Å². The van der Waals surface area contributed by atoms with Crippen molar-refractivity contribution in [1.29, 1.82) is 0 Å². The summed E-state index contributed by atoms with van der Waals surface area (Å²) in [7, 11) is 0. The lowest BCUT2D eigenvalue weighted by atomic mass is 9.99. The highest BCUT2D eigenvalue weighted by Gasteiger charge is 2.31. The number of benzene rings is 1. The third-order valence-corrected chi connectivity index (χ3v) is 4.35. The number of rotatable bonds is 4. The van der Waals surface area contributed by atoms with Gasteiger partial charge in [-0.2, -0.15) is 0 Å². The molecule has 18 heavy (non-hydrogen) atoms. The van der Waals surface area contributed by atoms with Crippen molar-refractivity contribution >= 4 is 0 Å². The molecule has 0 amide bonds. The molecule has 1 aliphatic rings. The fourth-order valence-electron chi connectivity index (χ4n) is 2.76. The van der Waals surface area contributed by atoms with Crippen LogP contribution in [0.25, 0.3) is 0 Å². The summed E-state index contributed by atoms with van der Waals surface area (Å²) in [5.41, 5.74) is 8.83. The van der Waals surface area contributed by atoms with E-state index < -0.39 is 0 Å². The first kappa shape index (κ1) is 13.6. The fraction of sp³-hybridized carbons (Fsp3) is 0.625. The van der Waals surface area contributed by atoms with Crippen LogP contribution >= 0.6 is 0 Å². The van der Waals surface area contributed by atoms with Crippen LogP contribution in [0.2, 0.25) is 0 Å². The van der Waals surface area contributed by atoms with E-state index in [1.165, 1.54) is 30.5 Å². The molecular weight excluding hydrogens is 220 g/mol. The first-order valence-corrected chi connectivity index (χ1v) is 7.07. The molecule has 1 aromatic carbocycles. The Balaban J connectivity index is 2.02. The summed E-state index contributed by atoms with van der Waals surface area (Å²) in [4.78, 5) is 2.59. The maximum atomic E-state index is 5.70. The zero-order chi connectivity index (χ0) is 13.2. The van der Waals surface area contributed by atoms with Crippen molar-refractivity contribution in [2.45, 2.75) is 51.6 Å². The van der Waals surface area contributed by atoms with Gasteiger partial charge in [0.15, 0.2) is 0 Å². The number of nitrogens with two attached hydrogens (primary N) is 1. The first-order chi connectivity index (χ1) is 8.53. The van der Waals surface area contributed by atoms with Gasteiger partial charge < -0.3 is 5.73 Å². The van der Waals surface area contributed by atoms with Gasteiger partial charge in [0.05, 0.1) is 0 Å². The normalized spacial score (nSPS) is 21.1. The van der Waals surface area contributed by atoms with Crippen LogP contribution in [-0.2, 0) is 6.54 Å². The summed E-state index contributed by atoms with van der Waals surface area (Å²) >= 11 is 0. The lowest BCUT2D eigenvalue weighted by Gasteiger charge is -2.31. The van der Waals surface area contributed by atoms with Crippen molar-refractivity contribution in [1.82, 2.24) is 4.90 Å². The van der Waals surface area contributed by atoms with E-state index in [1.807, 2.05) is 0 Å². The number of likely N-dealkylation sites (tertiary alicyclic amines) is 1. The smallest absolute Gasteiger partial charge is 0.0239 e. The third kappa shape index (κ3) is 2.93. The minimum atomic E-state index is 0.364. The van der Waals surface area contributed by atoms with Gasteiger partial charge in [-0.15, -0.1) is 0 Å². The van der Waals surface area contributed by atoms with Gasteiger partial charge in [-0.1, -0.05) is 31.2 Å². The molecule has 0 saturated carbocycles. The number of nitrogens with zero attached hydrogens (tertiary/aromatic N) is 1. The summed E-state index contributed by atoms with van der Waals surface area (Å²) < 4.78 is 0. The van der Waals surface area contributed by atoms with E-state index >= 15 is 0 Å². The molecule has 1 saturated heterocycles. The van der Waals surface area contributed by atoms with Gasteiger partial charge in [-0.3, -0.25) is 4.90 Å². The van der Waals surface area contributed by atoms with Crippen LogP contribution in [0.4, 0.5) is 0 Å². The topological polar surface area (TPSA) is 29.3 Å². The van der Waals surface area contributed by atoms with Crippen LogP contribution in [0.15, 0.2) is 24.3 Å². The van der Waals surface area contributed by atoms with E-state index in [9.17, 15) is 0 Å². The molecular formula is C16H26N2. The molecule has 0 aromatic heterocycles. The zero-order valence-corrected chi connectivity index (χ0v) is 11.9. The average Bonchev–Trinajstić information content (AvgIpc) is 2.69. The Labute approximate surface area is 111 Å². The zero-order valence-electron chi connectivity index (χ0n) is 11.9. The van der Waals surface area contributed by atoms with Crippen LogP contribution in [0.1, 0.15) is 50.7 Å². The quantitative estimate of drug-likeness (QED) is 0.884. The average molecular weight is 246 g/mol. The van der Waals surface area contributed by atoms with Crippen LogP contribution in [0.3, 0.4) is 0 Å². The standard InChI is InChI=1S/C16H26N2/c1-13(11-17)15-7-5-14(6-8-15)12-18-10-4-9-16(18,2)3/h5-8,13H,4,9-12,17H2,1-3H3. The number of hydrogen-bond acceptors (Lipinski definition) is 2. The lowest BCUT2D eigenvalue weighted by molar-refractivity contribution is 0.166. The molecule has 0 spiro atoms. The second-order valence-corrected chi connectivity index (χ2v) is 6.22. The maximum Gasteiger partial charge on any atom is 0.0239 e. The minimum absolute atomic E-state index is 0.364. The predicted octanol–water partition coefficient (Wildman–Crippen LogP) is 3.12. The van der Waals surface area contributed by atoms with E-state index in [4.69, 9.17) is 5.73 Å². The minimum Gasteiger partial charge on any atom is -0.330 e. The maximum absolute atomic E-state index is 5.70. The van der Waals surface area contributed by atoms with Crippen LogP contribution in [0, 0.1) is 0 Å². The molecule has 0 aliphatic carbocycles. The summed E-state index contributed by atoms with van der Waals surface area (Å²) in [5.74, 6) is 0.460. The third-order valence-electron chi connectivity index (χ3n) is 4.35. The van der Waals surface area contributed by atoms with Gasteiger partial charge >= 0.3 is 0 Å². The Morgan fingerprint density at radius 2 is 1.94 bits per heavy atom. The molecule has 2 rings (SSSR count). The van der Waals surface area contributed by atoms with Crippen LogP contribution in [0.5, 0.6) is 0 Å². The Kier molecular flexibility index (Phi) is 4.08. The second-order valence-electron chi connectivity index (χ2n) is 6.22. The Bertz CT molecular complexity index is 381. The molecule has 1 heterocycles. The predicted molar refractivity (Wildman–Crippen MR) is 77.6 cm³/mol. The van der Waals surface area contributed by atoms with Gasteiger partial charge in [0, 0.05) is 12.1 Å². The SMILES string of the molecule is CC(CN)c1ccc(CN2CCCC2(C)C)cc1. The number of hydrogen-bond donors (Lipinski definition) is 1. The molecule has 0 radical (unpaired) electrons. The van der Waals surface area contributed by atoms with E-state index in [2.05, 4.69) is 49.9 Å². The van der Waals surface area contributed by atoms with Gasteiger partial charge in [-0.05, 0) is 56.8 Å². The summed E-state index contributed by atoms with van der Waals surface area (Å²) in [6.07, 6.45) is 2.64. The first-order valence-electron chi connectivity index (χ1n) is 7.07. The highest BCUT2D eigenvalue weighted by atomic mass is 15.2. The summed E-state index contributed by atoms with van der Waals surface area (Å²) in [6, 6.07) is 8.98. The van der Waals surface area contributed by atoms with E-state index in [0.717, 1.165) is 13.1 Å². The molecule has 1 unspecified atom stereocenters. The van der Waals surface area contributed by atoms with Crippen LogP contribution < -0.4 is 5.73 Å². The van der Waals surface area contributed by atoms with Crippen molar-refractivity contribution < 1.29 is 0 Å². The van der Waals surface area contributed by atoms with E-state index in [1.54, 1.807) is 0 Å². The van der Waals surface area contributed by atoms with Gasteiger partial charge in [-0.25, -0.2) is 0 Å². The summed E-state index contributed by atoms with van der Waals surface area (Å²) in [5, 5.41) is 0. The fourth-order valence-corrected chi connectivity index (χ4v) is 2.76. The van der Waals surface area contributed by atoms with Gasteiger partial charge in [0.1, 0.15) is 0 Å². The highest BCUT2D eigenvalue weighted by Crippen LogP contribution is 2.29. The second kappa shape index (κ2) is 5.41. The van der Waals surface area contributed by atoms with Crippen molar-refractivity contribution in [2.75, 3.05) is 13.1 Å². The summed E-state index contributed by atoms with van der Waals surface area (Å²) in [6.45, 7) is 9.91. The molecule has 1 aromatic rings. The molecule has 0 bridgehead atoms. The largest absolute Gasteiger partial charge is 0.330 e. The molecule has 1 fully saturated rings. The molecule has 2 nitrogen and oxygen atoms in total. The Hall–Kier alpha value is -0.860.